The van der Waals surface area contributed by atoms with Crippen LogP contribution in [0, 0.1) is 5.92 Å². The van der Waals surface area contributed by atoms with E-state index in [2.05, 4.69) is 19.2 Å². The third-order valence-corrected chi connectivity index (χ3v) is 1.70. The van der Waals surface area contributed by atoms with Gasteiger partial charge >= 0.3 is 0 Å². The van der Waals surface area contributed by atoms with Crippen molar-refractivity contribution in [3.8, 4) is 0 Å². The molecule has 0 bridgehead atoms. The molecular formula is C9H21NO. The normalized spacial score (nSPS) is 24.3. The fourth-order valence-electron chi connectivity index (χ4n) is 1.01. The number of nitrogens with one attached hydrogen (secondary N) is 1. The maximum Gasteiger partial charge on any atom is 0.0722 e. The molecule has 1 fully saturated rings. The number of ether oxygens (including phenoxy) is 1. The highest BCUT2D eigenvalue weighted by molar-refractivity contribution is 4.69. The molecule has 1 heterocycles. The molecule has 1 aliphatic rings. The van der Waals surface area contributed by atoms with Crippen LogP contribution in [0.25, 0.3) is 0 Å². The van der Waals surface area contributed by atoms with Crippen LogP contribution in [0.4, 0.5) is 0 Å². The second kappa shape index (κ2) is 6.62. The van der Waals surface area contributed by atoms with E-state index in [1.807, 2.05) is 13.8 Å². The standard InChI is InChI=1S/C7H15NO.C2H6/c1-6(2)7-5-8-3-4-9-7;1-2/h6-8H,3-5H2,1-2H3;1-2H3/t7-;/m1./s1. The van der Waals surface area contributed by atoms with E-state index in [0.717, 1.165) is 19.7 Å². The second-order valence-electron chi connectivity index (χ2n) is 2.86. The lowest BCUT2D eigenvalue weighted by Gasteiger charge is -2.26. The predicted octanol–water partition coefficient (Wildman–Crippen LogP) is 1.66. The fraction of sp³-hybridized carbons (Fsp3) is 1.00. The molecular weight excluding hydrogens is 138 g/mol. The minimum atomic E-state index is 0.443. The van der Waals surface area contributed by atoms with Crippen LogP contribution in [0.5, 0.6) is 0 Å². The van der Waals surface area contributed by atoms with Crippen LogP contribution in [0.1, 0.15) is 27.7 Å². The minimum Gasteiger partial charge on any atom is -0.375 e. The van der Waals surface area contributed by atoms with Crippen molar-refractivity contribution >= 4 is 0 Å². The monoisotopic (exact) mass is 159 g/mol. The van der Waals surface area contributed by atoms with Gasteiger partial charge in [0.05, 0.1) is 12.7 Å². The van der Waals surface area contributed by atoms with Crippen molar-refractivity contribution in [2.45, 2.75) is 33.8 Å². The van der Waals surface area contributed by atoms with Crippen molar-refractivity contribution in [3.63, 3.8) is 0 Å². The van der Waals surface area contributed by atoms with Gasteiger partial charge in [-0.05, 0) is 5.92 Å². The highest BCUT2D eigenvalue weighted by Crippen LogP contribution is 2.06. The van der Waals surface area contributed by atoms with Crippen LogP contribution in [0.3, 0.4) is 0 Å². The summed E-state index contributed by atoms with van der Waals surface area (Å²) in [4.78, 5) is 0. The van der Waals surface area contributed by atoms with Gasteiger partial charge in [-0.15, -0.1) is 0 Å². The lowest BCUT2D eigenvalue weighted by Crippen LogP contribution is -2.41. The van der Waals surface area contributed by atoms with E-state index in [0.29, 0.717) is 12.0 Å². The van der Waals surface area contributed by atoms with Crippen LogP contribution in [-0.2, 0) is 4.74 Å². The summed E-state index contributed by atoms with van der Waals surface area (Å²) in [6, 6.07) is 0. The van der Waals surface area contributed by atoms with E-state index in [-0.39, 0.29) is 0 Å². The maximum atomic E-state index is 5.48. The summed E-state index contributed by atoms with van der Waals surface area (Å²) in [7, 11) is 0. The molecule has 68 valence electrons. The molecule has 1 saturated heterocycles. The SMILES string of the molecule is CC.CC(C)[C@H]1CNCCO1. The van der Waals surface area contributed by atoms with Crippen LogP contribution >= 0.6 is 0 Å². The van der Waals surface area contributed by atoms with Gasteiger partial charge in [-0.3, -0.25) is 0 Å². The molecule has 0 aliphatic carbocycles. The highest BCUT2D eigenvalue weighted by Gasteiger charge is 2.15. The van der Waals surface area contributed by atoms with Gasteiger partial charge in [0.15, 0.2) is 0 Å². The molecule has 0 aromatic carbocycles. The van der Waals surface area contributed by atoms with Crippen molar-refractivity contribution in [1.29, 1.82) is 0 Å². The van der Waals surface area contributed by atoms with E-state index >= 15 is 0 Å². The topological polar surface area (TPSA) is 21.3 Å². The molecule has 0 amide bonds. The zero-order valence-corrected chi connectivity index (χ0v) is 8.18. The molecule has 0 saturated carbocycles. The molecule has 0 radical (unpaired) electrons. The van der Waals surface area contributed by atoms with Gasteiger partial charge in [0.25, 0.3) is 0 Å². The number of hydrogen-bond acceptors (Lipinski definition) is 2. The molecule has 1 N–H and O–H groups in total. The molecule has 0 unspecified atom stereocenters. The first-order valence-corrected chi connectivity index (χ1v) is 4.63. The number of hydrogen-bond donors (Lipinski definition) is 1. The molecule has 2 nitrogen and oxygen atoms in total. The molecule has 1 rings (SSSR count). The van der Waals surface area contributed by atoms with E-state index in [1.54, 1.807) is 0 Å². The van der Waals surface area contributed by atoms with Crippen molar-refractivity contribution in [1.82, 2.24) is 5.32 Å². The van der Waals surface area contributed by atoms with Gasteiger partial charge in [0.2, 0.25) is 0 Å². The minimum absolute atomic E-state index is 0.443. The molecule has 1 aliphatic heterocycles. The van der Waals surface area contributed by atoms with Gasteiger partial charge in [0.1, 0.15) is 0 Å². The fourth-order valence-corrected chi connectivity index (χ4v) is 1.01. The number of rotatable bonds is 1. The summed E-state index contributed by atoms with van der Waals surface area (Å²) in [5.74, 6) is 0.651. The molecule has 0 spiro atoms. The zero-order chi connectivity index (χ0) is 8.69. The summed E-state index contributed by atoms with van der Waals surface area (Å²) < 4.78 is 5.48. The largest absolute Gasteiger partial charge is 0.375 e. The molecule has 2 heteroatoms. The van der Waals surface area contributed by atoms with E-state index in [4.69, 9.17) is 4.74 Å². The Kier molecular flexibility index (Phi) is 6.57. The molecule has 1 atom stereocenters. The van der Waals surface area contributed by atoms with Gasteiger partial charge in [-0.2, -0.15) is 0 Å². The first-order valence-electron chi connectivity index (χ1n) is 4.63. The predicted molar refractivity (Wildman–Crippen MR) is 48.8 cm³/mol. The van der Waals surface area contributed by atoms with Crippen molar-refractivity contribution in [3.05, 3.63) is 0 Å². The first kappa shape index (κ1) is 10.9. The quantitative estimate of drug-likeness (QED) is 0.628. The van der Waals surface area contributed by atoms with Gasteiger partial charge < -0.3 is 10.1 Å². The van der Waals surface area contributed by atoms with Crippen LogP contribution in [-0.4, -0.2) is 25.8 Å². The van der Waals surface area contributed by atoms with Crippen molar-refractivity contribution in [2.75, 3.05) is 19.7 Å². The third-order valence-electron chi connectivity index (χ3n) is 1.70. The Morgan fingerprint density at radius 3 is 2.27 bits per heavy atom. The lowest BCUT2D eigenvalue weighted by atomic mass is 10.1. The summed E-state index contributed by atoms with van der Waals surface area (Å²) >= 11 is 0. The second-order valence-corrected chi connectivity index (χ2v) is 2.86. The Bertz CT molecular complexity index is 77.6. The van der Waals surface area contributed by atoms with Crippen LogP contribution < -0.4 is 5.32 Å². The lowest BCUT2D eigenvalue weighted by molar-refractivity contribution is 0.000508. The number of morpholine rings is 1. The third kappa shape index (κ3) is 4.38. The van der Waals surface area contributed by atoms with Crippen molar-refractivity contribution in [2.24, 2.45) is 5.92 Å². The maximum absolute atomic E-state index is 5.48. The summed E-state index contributed by atoms with van der Waals surface area (Å²) in [6.45, 7) is 11.3. The molecule has 0 aromatic heterocycles. The van der Waals surface area contributed by atoms with Crippen LogP contribution in [0.15, 0.2) is 0 Å². The Balaban J connectivity index is 0.000000461. The molecule has 0 aromatic rings. The van der Waals surface area contributed by atoms with Gasteiger partial charge in [-0.25, -0.2) is 0 Å². The first-order chi connectivity index (χ1) is 5.30. The Hall–Kier alpha value is -0.0800. The Morgan fingerprint density at radius 2 is 2.00 bits per heavy atom. The summed E-state index contributed by atoms with van der Waals surface area (Å²) in [6.07, 6.45) is 0.443. The summed E-state index contributed by atoms with van der Waals surface area (Å²) in [5.41, 5.74) is 0. The van der Waals surface area contributed by atoms with Gasteiger partial charge in [0, 0.05) is 13.1 Å². The van der Waals surface area contributed by atoms with Gasteiger partial charge in [-0.1, -0.05) is 27.7 Å². The summed E-state index contributed by atoms with van der Waals surface area (Å²) in [5, 5.41) is 3.29. The Labute approximate surface area is 70.3 Å². The van der Waals surface area contributed by atoms with Crippen molar-refractivity contribution < 1.29 is 4.74 Å². The highest BCUT2D eigenvalue weighted by atomic mass is 16.5. The average molecular weight is 159 g/mol. The smallest absolute Gasteiger partial charge is 0.0722 e. The zero-order valence-electron chi connectivity index (χ0n) is 8.18. The average Bonchev–Trinajstić information content (AvgIpc) is 2.10. The van der Waals surface area contributed by atoms with E-state index in [1.165, 1.54) is 0 Å². The Morgan fingerprint density at radius 1 is 1.36 bits per heavy atom. The van der Waals surface area contributed by atoms with E-state index < -0.39 is 0 Å². The molecule has 11 heavy (non-hydrogen) atoms. The van der Waals surface area contributed by atoms with Crippen LogP contribution in [0.2, 0.25) is 0 Å². The van der Waals surface area contributed by atoms with E-state index in [9.17, 15) is 0 Å².